The van der Waals surface area contributed by atoms with Gasteiger partial charge in [-0.25, -0.2) is 4.98 Å². The number of halogens is 1. The highest BCUT2D eigenvalue weighted by Gasteiger charge is 2.17. The van der Waals surface area contributed by atoms with E-state index in [0.717, 1.165) is 24.2 Å². The molecule has 2 nitrogen and oxygen atoms in total. The second kappa shape index (κ2) is 6.20. The van der Waals surface area contributed by atoms with Gasteiger partial charge in [0, 0.05) is 18.3 Å². The van der Waals surface area contributed by atoms with Gasteiger partial charge in [-0.3, -0.25) is 0 Å². The van der Waals surface area contributed by atoms with Crippen molar-refractivity contribution >= 4 is 34.0 Å². The van der Waals surface area contributed by atoms with Crippen LogP contribution in [-0.2, 0) is 12.8 Å². The molecule has 0 aliphatic carbocycles. The van der Waals surface area contributed by atoms with E-state index in [1.54, 1.807) is 11.3 Å². The van der Waals surface area contributed by atoms with Crippen LogP contribution in [0.2, 0.25) is 0 Å². The molecule has 1 unspecified atom stereocenters. The van der Waals surface area contributed by atoms with Gasteiger partial charge in [-0.1, -0.05) is 12.1 Å². The molecule has 1 aromatic carbocycles. The monoisotopic (exact) mass is 318 g/mol. The molecule has 0 spiro atoms. The van der Waals surface area contributed by atoms with Crippen LogP contribution in [0.5, 0.6) is 0 Å². The number of hydrogen-bond acceptors (Lipinski definition) is 2. The lowest BCUT2D eigenvalue weighted by molar-refractivity contribution is 0.538. The van der Waals surface area contributed by atoms with Crippen LogP contribution in [0.3, 0.4) is 0 Å². The summed E-state index contributed by atoms with van der Waals surface area (Å²) in [6, 6.07) is 8.97. The van der Waals surface area contributed by atoms with Crippen molar-refractivity contribution in [3.63, 3.8) is 0 Å². The van der Waals surface area contributed by atoms with Crippen LogP contribution in [0.4, 0.5) is 0 Å². The van der Waals surface area contributed by atoms with Crippen molar-refractivity contribution < 1.29 is 0 Å². The highest BCUT2D eigenvalue weighted by Crippen LogP contribution is 2.26. The van der Waals surface area contributed by atoms with Crippen LogP contribution < -0.4 is 0 Å². The van der Waals surface area contributed by atoms with E-state index < -0.39 is 0 Å². The third-order valence-electron chi connectivity index (χ3n) is 3.87. The molecule has 0 saturated carbocycles. The van der Waals surface area contributed by atoms with E-state index in [9.17, 15) is 0 Å². The molecule has 3 rings (SSSR count). The number of rotatable bonds is 5. The minimum Gasteiger partial charge on any atom is -0.325 e. The maximum atomic E-state index is 5.97. The fraction of sp³-hybridized carbons (Fsp3) is 0.353. The van der Waals surface area contributed by atoms with Crippen LogP contribution in [0, 0.1) is 6.92 Å². The first-order valence-corrected chi connectivity index (χ1v) is 8.72. The van der Waals surface area contributed by atoms with Crippen molar-refractivity contribution in [2.75, 3.05) is 5.88 Å². The van der Waals surface area contributed by atoms with Crippen LogP contribution in [0.1, 0.15) is 29.9 Å². The predicted molar refractivity (Wildman–Crippen MR) is 91.6 cm³/mol. The number of alkyl halides is 1. The normalized spacial score (nSPS) is 12.9. The van der Waals surface area contributed by atoms with Gasteiger partial charge in [0.1, 0.15) is 5.82 Å². The van der Waals surface area contributed by atoms with Crippen molar-refractivity contribution in [3.05, 3.63) is 52.0 Å². The van der Waals surface area contributed by atoms with Gasteiger partial charge in [-0.05, 0) is 54.3 Å². The van der Waals surface area contributed by atoms with E-state index in [0.29, 0.717) is 11.9 Å². The summed E-state index contributed by atoms with van der Waals surface area (Å²) in [5.74, 6) is 1.70. The maximum absolute atomic E-state index is 5.97. The Labute approximate surface area is 134 Å². The van der Waals surface area contributed by atoms with Gasteiger partial charge in [-0.15, -0.1) is 11.6 Å². The minimum atomic E-state index is 0.379. The van der Waals surface area contributed by atoms with Gasteiger partial charge >= 0.3 is 0 Å². The fourth-order valence-corrected chi connectivity index (χ4v) is 3.75. The molecule has 0 saturated heterocycles. The Balaban J connectivity index is 2.06. The van der Waals surface area contributed by atoms with E-state index >= 15 is 0 Å². The van der Waals surface area contributed by atoms with Gasteiger partial charge in [0.05, 0.1) is 11.0 Å². The number of nitrogens with zero attached hydrogens (tertiary/aromatic N) is 2. The highest BCUT2D eigenvalue weighted by molar-refractivity contribution is 7.07. The number of imidazole rings is 1. The standard InChI is InChI=1S/C17H19ClN2S/c1-12-4-3-5-15-17(12)19-16(6-8-18)20(15)13(2)10-14-7-9-21-11-14/h3-5,7,9,11,13H,6,8,10H2,1-2H3. The summed E-state index contributed by atoms with van der Waals surface area (Å²) >= 11 is 7.72. The molecular formula is C17H19ClN2S. The minimum absolute atomic E-state index is 0.379. The Bertz CT molecular complexity index is 731. The summed E-state index contributed by atoms with van der Waals surface area (Å²) in [5, 5.41) is 4.36. The highest BCUT2D eigenvalue weighted by atomic mass is 35.5. The zero-order chi connectivity index (χ0) is 14.8. The second-order valence-corrected chi connectivity index (χ2v) is 6.62. The number of aromatic nitrogens is 2. The van der Waals surface area contributed by atoms with Crippen molar-refractivity contribution in [1.29, 1.82) is 0 Å². The summed E-state index contributed by atoms with van der Waals surface area (Å²) in [4.78, 5) is 4.83. The Morgan fingerprint density at radius 1 is 1.33 bits per heavy atom. The van der Waals surface area contributed by atoms with Crippen molar-refractivity contribution in [2.24, 2.45) is 0 Å². The zero-order valence-corrected chi connectivity index (χ0v) is 13.9. The molecule has 3 aromatic rings. The quantitative estimate of drug-likeness (QED) is 0.606. The van der Waals surface area contributed by atoms with Gasteiger partial charge in [-0.2, -0.15) is 11.3 Å². The average molecular weight is 319 g/mol. The van der Waals surface area contributed by atoms with Gasteiger partial charge in [0.25, 0.3) is 0 Å². The largest absolute Gasteiger partial charge is 0.325 e. The van der Waals surface area contributed by atoms with Crippen LogP contribution in [0.15, 0.2) is 35.0 Å². The lowest BCUT2D eigenvalue weighted by atomic mass is 10.1. The summed E-state index contributed by atoms with van der Waals surface area (Å²) in [5.41, 5.74) is 4.94. The Morgan fingerprint density at radius 3 is 2.90 bits per heavy atom. The first-order chi connectivity index (χ1) is 10.2. The molecule has 110 valence electrons. The number of aryl methyl sites for hydroxylation is 2. The van der Waals surface area contributed by atoms with Crippen LogP contribution in [-0.4, -0.2) is 15.4 Å². The summed E-state index contributed by atoms with van der Waals surface area (Å²) in [6.45, 7) is 4.38. The molecule has 4 heteroatoms. The third kappa shape index (κ3) is 2.85. The van der Waals surface area contributed by atoms with Crippen molar-refractivity contribution in [2.45, 2.75) is 32.7 Å². The van der Waals surface area contributed by atoms with E-state index in [1.165, 1.54) is 16.6 Å². The van der Waals surface area contributed by atoms with E-state index in [1.807, 2.05) is 0 Å². The average Bonchev–Trinajstić information content (AvgIpc) is 3.07. The Morgan fingerprint density at radius 2 is 2.19 bits per heavy atom. The summed E-state index contributed by atoms with van der Waals surface area (Å²) in [7, 11) is 0. The summed E-state index contributed by atoms with van der Waals surface area (Å²) < 4.78 is 2.36. The third-order valence-corrected chi connectivity index (χ3v) is 4.79. The molecule has 0 N–H and O–H groups in total. The predicted octanol–water partition coefficient (Wildman–Crippen LogP) is 4.99. The number of fused-ring (bicyclic) bond motifs is 1. The van der Waals surface area contributed by atoms with E-state index in [4.69, 9.17) is 16.6 Å². The molecular weight excluding hydrogens is 300 g/mol. The van der Waals surface area contributed by atoms with Crippen LogP contribution in [0.25, 0.3) is 11.0 Å². The number of thiophene rings is 1. The Hall–Kier alpha value is -1.32. The lowest BCUT2D eigenvalue weighted by Gasteiger charge is -2.17. The molecule has 0 amide bonds. The first kappa shape index (κ1) is 14.6. The number of benzene rings is 1. The zero-order valence-electron chi connectivity index (χ0n) is 12.3. The smallest absolute Gasteiger partial charge is 0.111 e. The SMILES string of the molecule is Cc1cccc2c1nc(CCCl)n2C(C)Cc1ccsc1. The molecule has 2 aromatic heterocycles. The molecule has 0 aliphatic heterocycles. The topological polar surface area (TPSA) is 17.8 Å². The lowest BCUT2D eigenvalue weighted by Crippen LogP contribution is -2.12. The first-order valence-electron chi connectivity index (χ1n) is 7.24. The number of para-hydroxylation sites is 1. The van der Waals surface area contributed by atoms with E-state index in [2.05, 4.69) is 53.4 Å². The molecule has 1 atom stereocenters. The maximum Gasteiger partial charge on any atom is 0.111 e. The molecule has 0 aliphatic rings. The number of hydrogen-bond donors (Lipinski definition) is 0. The van der Waals surface area contributed by atoms with Crippen molar-refractivity contribution in [3.8, 4) is 0 Å². The molecule has 21 heavy (non-hydrogen) atoms. The van der Waals surface area contributed by atoms with Gasteiger partial charge in [0.2, 0.25) is 0 Å². The van der Waals surface area contributed by atoms with Crippen LogP contribution >= 0.6 is 22.9 Å². The van der Waals surface area contributed by atoms with Crippen molar-refractivity contribution in [1.82, 2.24) is 9.55 Å². The van der Waals surface area contributed by atoms with E-state index in [-0.39, 0.29) is 0 Å². The second-order valence-electron chi connectivity index (χ2n) is 5.46. The molecule has 2 heterocycles. The summed E-state index contributed by atoms with van der Waals surface area (Å²) in [6.07, 6.45) is 1.84. The molecule has 0 fully saturated rings. The fourth-order valence-electron chi connectivity index (χ4n) is 2.90. The molecule has 0 bridgehead atoms. The molecule has 0 radical (unpaired) electrons. The van der Waals surface area contributed by atoms with Gasteiger partial charge in [0.15, 0.2) is 0 Å². The van der Waals surface area contributed by atoms with Gasteiger partial charge < -0.3 is 4.57 Å². The Kier molecular flexibility index (Phi) is 4.32.